The van der Waals surface area contributed by atoms with Gasteiger partial charge in [-0.1, -0.05) is 48.5 Å². The first-order valence-corrected chi connectivity index (χ1v) is 7.13. The second-order valence-electron chi connectivity index (χ2n) is 5.45. The predicted octanol–water partition coefficient (Wildman–Crippen LogP) is 4.53. The lowest BCUT2D eigenvalue weighted by Crippen LogP contribution is -2.14. The van der Waals surface area contributed by atoms with Crippen molar-refractivity contribution in [1.82, 2.24) is 0 Å². The van der Waals surface area contributed by atoms with Gasteiger partial charge < -0.3 is 5.73 Å². The summed E-state index contributed by atoms with van der Waals surface area (Å²) in [6.45, 7) is 1.92. The normalized spacial score (nSPS) is 12.5. The molecule has 1 atom stereocenters. The lowest BCUT2D eigenvalue weighted by atomic mass is 9.93. The molecule has 0 heterocycles. The van der Waals surface area contributed by atoms with Gasteiger partial charge in [0.1, 0.15) is 5.82 Å². The SMILES string of the molecule is Cc1cc(F)ccc1CC(N)c1cccc2ccccc12. The van der Waals surface area contributed by atoms with Gasteiger partial charge in [0, 0.05) is 6.04 Å². The Kier molecular flexibility index (Phi) is 3.72. The summed E-state index contributed by atoms with van der Waals surface area (Å²) in [5.41, 5.74) is 9.59. The van der Waals surface area contributed by atoms with E-state index in [1.165, 1.54) is 16.8 Å². The van der Waals surface area contributed by atoms with Crippen molar-refractivity contribution in [3.63, 3.8) is 0 Å². The van der Waals surface area contributed by atoms with Crippen molar-refractivity contribution < 1.29 is 4.39 Å². The van der Waals surface area contributed by atoms with Crippen molar-refractivity contribution in [3.8, 4) is 0 Å². The zero-order valence-electron chi connectivity index (χ0n) is 12.0. The topological polar surface area (TPSA) is 26.0 Å². The van der Waals surface area contributed by atoms with E-state index < -0.39 is 0 Å². The van der Waals surface area contributed by atoms with Gasteiger partial charge in [-0.25, -0.2) is 4.39 Å². The molecule has 0 aliphatic carbocycles. The molecule has 2 heteroatoms. The minimum absolute atomic E-state index is 0.0970. The average Bonchev–Trinajstić information content (AvgIpc) is 2.49. The van der Waals surface area contributed by atoms with Crippen LogP contribution in [0.1, 0.15) is 22.7 Å². The molecule has 0 spiro atoms. The van der Waals surface area contributed by atoms with Crippen molar-refractivity contribution in [1.29, 1.82) is 0 Å². The minimum Gasteiger partial charge on any atom is -0.324 e. The van der Waals surface area contributed by atoms with E-state index in [0.29, 0.717) is 6.42 Å². The van der Waals surface area contributed by atoms with E-state index in [9.17, 15) is 4.39 Å². The quantitative estimate of drug-likeness (QED) is 0.749. The molecule has 21 heavy (non-hydrogen) atoms. The molecule has 0 aromatic heterocycles. The van der Waals surface area contributed by atoms with Gasteiger partial charge in [-0.15, -0.1) is 0 Å². The Morgan fingerprint density at radius 3 is 2.57 bits per heavy atom. The molecule has 1 nitrogen and oxygen atoms in total. The fraction of sp³-hybridized carbons (Fsp3) is 0.158. The Hall–Kier alpha value is -2.19. The Morgan fingerprint density at radius 2 is 1.76 bits per heavy atom. The summed E-state index contributed by atoms with van der Waals surface area (Å²) in [5.74, 6) is -0.199. The number of halogens is 1. The van der Waals surface area contributed by atoms with E-state index in [4.69, 9.17) is 5.73 Å². The van der Waals surface area contributed by atoms with Crippen LogP contribution in [0.3, 0.4) is 0 Å². The molecule has 0 amide bonds. The molecule has 0 saturated carbocycles. The van der Waals surface area contributed by atoms with Gasteiger partial charge in [-0.05, 0) is 52.9 Å². The maximum Gasteiger partial charge on any atom is 0.123 e. The van der Waals surface area contributed by atoms with E-state index in [1.807, 2.05) is 31.2 Å². The van der Waals surface area contributed by atoms with Crippen molar-refractivity contribution in [3.05, 3.63) is 83.2 Å². The van der Waals surface area contributed by atoms with Gasteiger partial charge in [0.05, 0.1) is 0 Å². The van der Waals surface area contributed by atoms with Crippen LogP contribution in [0.5, 0.6) is 0 Å². The van der Waals surface area contributed by atoms with Crippen LogP contribution in [-0.2, 0) is 6.42 Å². The molecule has 0 aliphatic heterocycles. The number of aryl methyl sites for hydroxylation is 1. The van der Waals surface area contributed by atoms with Crippen molar-refractivity contribution in [2.24, 2.45) is 5.73 Å². The predicted molar refractivity (Wildman–Crippen MR) is 85.7 cm³/mol. The smallest absolute Gasteiger partial charge is 0.123 e. The van der Waals surface area contributed by atoms with Crippen molar-refractivity contribution in [2.45, 2.75) is 19.4 Å². The van der Waals surface area contributed by atoms with Gasteiger partial charge in [-0.3, -0.25) is 0 Å². The maximum absolute atomic E-state index is 13.2. The van der Waals surface area contributed by atoms with Crippen LogP contribution in [-0.4, -0.2) is 0 Å². The van der Waals surface area contributed by atoms with Crippen LogP contribution in [0.25, 0.3) is 10.8 Å². The van der Waals surface area contributed by atoms with Crippen molar-refractivity contribution >= 4 is 10.8 Å². The first kappa shape index (κ1) is 13.8. The second-order valence-corrected chi connectivity index (χ2v) is 5.45. The fourth-order valence-corrected chi connectivity index (χ4v) is 2.81. The van der Waals surface area contributed by atoms with Gasteiger partial charge in [-0.2, -0.15) is 0 Å². The van der Waals surface area contributed by atoms with E-state index in [-0.39, 0.29) is 11.9 Å². The molecule has 1 unspecified atom stereocenters. The van der Waals surface area contributed by atoms with E-state index in [2.05, 4.69) is 24.3 Å². The summed E-state index contributed by atoms with van der Waals surface area (Å²) < 4.78 is 13.2. The lowest BCUT2D eigenvalue weighted by Gasteiger charge is -2.16. The molecule has 0 radical (unpaired) electrons. The third-order valence-corrected chi connectivity index (χ3v) is 3.97. The highest BCUT2D eigenvalue weighted by Crippen LogP contribution is 2.26. The van der Waals surface area contributed by atoms with Gasteiger partial charge in [0.15, 0.2) is 0 Å². The van der Waals surface area contributed by atoms with E-state index in [0.717, 1.165) is 16.7 Å². The third kappa shape index (κ3) is 2.81. The monoisotopic (exact) mass is 279 g/mol. The van der Waals surface area contributed by atoms with Crippen LogP contribution >= 0.6 is 0 Å². The summed E-state index contributed by atoms with van der Waals surface area (Å²) in [7, 11) is 0. The summed E-state index contributed by atoms with van der Waals surface area (Å²) in [6, 6.07) is 19.2. The van der Waals surface area contributed by atoms with Crippen LogP contribution < -0.4 is 5.73 Å². The lowest BCUT2D eigenvalue weighted by molar-refractivity contribution is 0.624. The summed E-state index contributed by atoms with van der Waals surface area (Å²) in [5, 5.41) is 2.38. The van der Waals surface area contributed by atoms with Crippen molar-refractivity contribution in [2.75, 3.05) is 0 Å². The average molecular weight is 279 g/mol. The number of hydrogen-bond donors (Lipinski definition) is 1. The fourth-order valence-electron chi connectivity index (χ4n) is 2.81. The molecule has 2 N–H and O–H groups in total. The number of nitrogens with two attached hydrogens (primary N) is 1. The first-order valence-electron chi connectivity index (χ1n) is 7.13. The van der Waals surface area contributed by atoms with E-state index in [1.54, 1.807) is 6.07 Å². The van der Waals surface area contributed by atoms with E-state index >= 15 is 0 Å². The number of fused-ring (bicyclic) bond motifs is 1. The molecule has 3 aromatic rings. The minimum atomic E-state index is -0.199. The highest BCUT2D eigenvalue weighted by molar-refractivity contribution is 5.86. The van der Waals surface area contributed by atoms with Gasteiger partial charge in [0.25, 0.3) is 0 Å². The second kappa shape index (κ2) is 5.66. The highest BCUT2D eigenvalue weighted by atomic mass is 19.1. The Labute approximate surface area is 124 Å². The van der Waals surface area contributed by atoms with Crippen LogP contribution in [0, 0.1) is 12.7 Å². The van der Waals surface area contributed by atoms with Crippen LogP contribution in [0.15, 0.2) is 60.7 Å². The standard InChI is InChI=1S/C19H18FN/c1-13-11-16(20)10-9-15(13)12-19(21)18-8-4-6-14-5-2-3-7-17(14)18/h2-11,19H,12,21H2,1H3. The molecule has 0 bridgehead atoms. The summed E-state index contributed by atoms with van der Waals surface area (Å²) >= 11 is 0. The summed E-state index contributed by atoms with van der Waals surface area (Å²) in [4.78, 5) is 0. The molecule has 3 rings (SSSR count). The molecular formula is C19H18FN. The third-order valence-electron chi connectivity index (χ3n) is 3.97. The molecular weight excluding hydrogens is 261 g/mol. The zero-order chi connectivity index (χ0) is 14.8. The molecule has 3 aromatic carbocycles. The Balaban J connectivity index is 1.95. The molecule has 0 fully saturated rings. The molecule has 106 valence electrons. The first-order chi connectivity index (χ1) is 10.1. The largest absolute Gasteiger partial charge is 0.324 e. The number of rotatable bonds is 3. The van der Waals surface area contributed by atoms with Crippen LogP contribution in [0.4, 0.5) is 4.39 Å². The Bertz CT molecular complexity index is 774. The van der Waals surface area contributed by atoms with Gasteiger partial charge >= 0.3 is 0 Å². The molecule has 0 saturated heterocycles. The summed E-state index contributed by atoms with van der Waals surface area (Å²) in [6.07, 6.45) is 0.708. The molecule has 0 aliphatic rings. The number of hydrogen-bond acceptors (Lipinski definition) is 1. The Morgan fingerprint density at radius 1 is 1.00 bits per heavy atom. The number of benzene rings is 3. The van der Waals surface area contributed by atoms with Gasteiger partial charge in [0.2, 0.25) is 0 Å². The zero-order valence-corrected chi connectivity index (χ0v) is 12.0. The maximum atomic E-state index is 13.2. The van der Waals surface area contributed by atoms with Crippen LogP contribution in [0.2, 0.25) is 0 Å². The highest BCUT2D eigenvalue weighted by Gasteiger charge is 2.12.